The number of nitrogens with one attached hydrogen (secondary N) is 1. The van der Waals surface area contributed by atoms with E-state index in [4.69, 9.17) is 9.47 Å². The van der Waals surface area contributed by atoms with Crippen molar-refractivity contribution >= 4 is 23.5 Å². The van der Waals surface area contributed by atoms with Gasteiger partial charge in [-0.05, 0) is 30.2 Å². The highest BCUT2D eigenvalue weighted by molar-refractivity contribution is 7.99. The van der Waals surface area contributed by atoms with Crippen LogP contribution in [0, 0.1) is 0 Å². The monoisotopic (exact) mass is 372 g/mol. The quantitative estimate of drug-likeness (QED) is 0.837. The lowest BCUT2D eigenvalue weighted by molar-refractivity contribution is 0.213. The van der Waals surface area contributed by atoms with Crippen molar-refractivity contribution in [2.24, 2.45) is 0 Å². The van der Waals surface area contributed by atoms with E-state index in [0.29, 0.717) is 18.0 Å². The lowest BCUT2D eigenvalue weighted by Gasteiger charge is -2.26. The fraction of sp³-hybridized carbons (Fsp3) is 0.350. The van der Waals surface area contributed by atoms with E-state index in [2.05, 4.69) is 12.2 Å². The summed E-state index contributed by atoms with van der Waals surface area (Å²) in [5.74, 6) is 2.24. The second-order valence-electron chi connectivity index (χ2n) is 5.98. The van der Waals surface area contributed by atoms with Gasteiger partial charge in [0.1, 0.15) is 5.37 Å². The van der Waals surface area contributed by atoms with Gasteiger partial charge in [-0.1, -0.05) is 31.2 Å². The van der Waals surface area contributed by atoms with Crippen molar-refractivity contribution in [2.45, 2.75) is 18.7 Å². The van der Waals surface area contributed by atoms with Gasteiger partial charge >= 0.3 is 6.03 Å². The summed E-state index contributed by atoms with van der Waals surface area (Å²) < 4.78 is 11.0. The van der Waals surface area contributed by atoms with Crippen LogP contribution in [0.15, 0.2) is 42.5 Å². The Morgan fingerprint density at radius 3 is 2.62 bits per heavy atom. The van der Waals surface area contributed by atoms with Crippen LogP contribution in [0.25, 0.3) is 0 Å². The Labute approximate surface area is 158 Å². The number of hydrogen-bond acceptors (Lipinski definition) is 4. The molecule has 1 saturated heterocycles. The van der Waals surface area contributed by atoms with Crippen molar-refractivity contribution in [3.05, 3.63) is 53.6 Å². The van der Waals surface area contributed by atoms with Crippen molar-refractivity contribution in [2.75, 3.05) is 31.8 Å². The van der Waals surface area contributed by atoms with Crippen molar-refractivity contribution in [1.29, 1.82) is 0 Å². The van der Waals surface area contributed by atoms with Gasteiger partial charge in [0.2, 0.25) is 0 Å². The summed E-state index contributed by atoms with van der Waals surface area (Å²) in [5.41, 5.74) is 3.00. The van der Waals surface area contributed by atoms with Crippen LogP contribution >= 0.6 is 11.8 Å². The third-order valence-corrected chi connectivity index (χ3v) is 5.71. The van der Waals surface area contributed by atoms with E-state index >= 15 is 0 Å². The number of benzene rings is 2. The van der Waals surface area contributed by atoms with Crippen molar-refractivity contribution in [3.63, 3.8) is 0 Å². The lowest BCUT2D eigenvalue weighted by atomic mass is 10.1. The zero-order chi connectivity index (χ0) is 18.5. The highest BCUT2D eigenvalue weighted by Crippen LogP contribution is 2.45. The maximum Gasteiger partial charge on any atom is 0.323 e. The van der Waals surface area contributed by atoms with E-state index in [-0.39, 0.29) is 11.4 Å². The first-order valence-electron chi connectivity index (χ1n) is 8.67. The molecule has 1 aliphatic heterocycles. The maximum absolute atomic E-state index is 12.8. The minimum atomic E-state index is -0.103. The highest BCUT2D eigenvalue weighted by atomic mass is 32.2. The number of aryl methyl sites for hydroxylation is 1. The predicted molar refractivity (Wildman–Crippen MR) is 106 cm³/mol. The maximum atomic E-state index is 12.8. The van der Waals surface area contributed by atoms with E-state index in [1.807, 2.05) is 47.4 Å². The minimum absolute atomic E-state index is 0.102. The molecule has 2 amide bonds. The van der Waals surface area contributed by atoms with Crippen molar-refractivity contribution in [1.82, 2.24) is 4.90 Å². The molecule has 0 unspecified atom stereocenters. The molecule has 5 nitrogen and oxygen atoms in total. The average Bonchev–Trinajstić information content (AvgIpc) is 3.17. The molecule has 0 bridgehead atoms. The molecule has 0 aromatic heterocycles. The van der Waals surface area contributed by atoms with Crippen LogP contribution in [-0.2, 0) is 6.42 Å². The Bertz CT molecular complexity index is 764. The normalized spacial score (nSPS) is 16.4. The molecule has 1 heterocycles. The first-order chi connectivity index (χ1) is 12.7. The molecular weight excluding hydrogens is 348 g/mol. The van der Waals surface area contributed by atoms with E-state index in [1.54, 1.807) is 26.0 Å². The Balaban J connectivity index is 1.80. The van der Waals surface area contributed by atoms with Gasteiger partial charge in [0.25, 0.3) is 0 Å². The van der Waals surface area contributed by atoms with Crippen LogP contribution in [0.4, 0.5) is 10.5 Å². The van der Waals surface area contributed by atoms with Crippen molar-refractivity contribution in [3.8, 4) is 11.5 Å². The molecule has 0 saturated carbocycles. The summed E-state index contributed by atoms with van der Waals surface area (Å²) in [7, 11) is 3.24. The Morgan fingerprint density at radius 1 is 1.19 bits per heavy atom. The fourth-order valence-electron chi connectivity index (χ4n) is 3.06. The van der Waals surface area contributed by atoms with E-state index in [0.717, 1.165) is 23.4 Å². The van der Waals surface area contributed by atoms with Gasteiger partial charge in [0.05, 0.1) is 14.2 Å². The number of rotatable bonds is 5. The van der Waals surface area contributed by atoms with Gasteiger partial charge in [-0.25, -0.2) is 4.79 Å². The van der Waals surface area contributed by atoms with Crippen LogP contribution in [0.2, 0.25) is 0 Å². The number of hydrogen-bond donors (Lipinski definition) is 1. The van der Waals surface area contributed by atoms with Gasteiger partial charge in [0.15, 0.2) is 11.5 Å². The van der Waals surface area contributed by atoms with Gasteiger partial charge in [0, 0.05) is 23.5 Å². The summed E-state index contributed by atoms with van der Waals surface area (Å²) in [6.45, 7) is 2.80. The molecule has 1 N–H and O–H groups in total. The number of nitrogens with zero attached hydrogens (tertiary/aromatic N) is 1. The second kappa shape index (κ2) is 8.36. The number of ether oxygens (including phenoxy) is 2. The van der Waals surface area contributed by atoms with Crippen LogP contribution in [0.3, 0.4) is 0 Å². The fourth-order valence-corrected chi connectivity index (χ4v) is 4.33. The molecule has 26 heavy (non-hydrogen) atoms. The number of thioether (sulfide) groups is 1. The van der Waals surface area contributed by atoms with E-state index in [9.17, 15) is 4.79 Å². The minimum Gasteiger partial charge on any atom is -0.493 e. The number of carbonyl (C=O) groups excluding carboxylic acids is 1. The topological polar surface area (TPSA) is 50.8 Å². The summed E-state index contributed by atoms with van der Waals surface area (Å²) in [6.07, 6.45) is 0.981. The predicted octanol–water partition coefficient (Wildman–Crippen LogP) is 4.55. The molecule has 1 atom stereocenters. The Kier molecular flexibility index (Phi) is 5.93. The number of amides is 2. The molecule has 0 spiro atoms. The second-order valence-corrected chi connectivity index (χ2v) is 7.17. The molecule has 6 heteroatoms. The Hall–Kier alpha value is -2.34. The van der Waals surface area contributed by atoms with E-state index < -0.39 is 0 Å². The van der Waals surface area contributed by atoms with Gasteiger partial charge in [-0.3, -0.25) is 0 Å². The number of carbonyl (C=O) groups is 1. The van der Waals surface area contributed by atoms with Crippen LogP contribution < -0.4 is 14.8 Å². The van der Waals surface area contributed by atoms with Crippen LogP contribution in [-0.4, -0.2) is 37.4 Å². The van der Waals surface area contributed by atoms with Crippen LogP contribution in [0.1, 0.15) is 23.4 Å². The molecule has 138 valence electrons. The smallest absolute Gasteiger partial charge is 0.323 e. The van der Waals surface area contributed by atoms with Gasteiger partial charge < -0.3 is 19.7 Å². The number of anilines is 1. The van der Waals surface area contributed by atoms with E-state index in [1.165, 1.54) is 5.56 Å². The average molecular weight is 372 g/mol. The SMILES string of the molecule is CCc1ccc(NC(=O)N2CCS[C@H]2c2cccc(OC)c2OC)cc1. The molecular formula is C20H24N2O3S. The number of para-hydroxylation sites is 1. The van der Waals surface area contributed by atoms with Crippen molar-refractivity contribution < 1.29 is 14.3 Å². The first-order valence-corrected chi connectivity index (χ1v) is 9.71. The number of methoxy groups -OCH3 is 2. The molecule has 3 rings (SSSR count). The lowest BCUT2D eigenvalue weighted by Crippen LogP contribution is -2.34. The summed E-state index contributed by atoms with van der Waals surface area (Å²) in [6, 6.07) is 13.6. The largest absolute Gasteiger partial charge is 0.493 e. The molecule has 0 radical (unpaired) electrons. The van der Waals surface area contributed by atoms with Gasteiger partial charge in [-0.15, -0.1) is 11.8 Å². The molecule has 0 aliphatic carbocycles. The summed E-state index contributed by atoms with van der Waals surface area (Å²) in [4.78, 5) is 14.7. The van der Waals surface area contributed by atoms with Crippen LogP contribution in [0.5, 0.6) is 11.5 Å². The summed E-state index contributed by atoms with van der Waals surface area (Å²) >= 11 is 1.73. The third-order valence-electron chi connectivity index (χ3n) is 4.46. The molecule has 1 fully saturated rings. The Morgan fingerprint density at radius 2 is 1.96 bits per heavy atom. The summed E-state index contributed by atoms with van der Waals surface area (Å²) in [5, 5.41) is 2.90. The zero-order valence-corrected chi connectivity index (χ0v) is 16.1. The molecule has 2 aromatic carbocycles. The molecule has 2 aromatic rings. The number of urea groups is 1. The van der Waals surface area contributed by atoms with Gasteiger partial charge in [-0.2, -0.15) is 0 Å². The zero-order valence-electron chi connectivity index (χ0n) is 15.3. The highest BCUT2D eigenvalue weighted by Gasteiger charge is 2.33. The standard InChI is InChI=1S/C20H24N2O3S/c1-4-14-8-10-15(11-9-14)21-20(23)22-12-13-26-19(22)16-6-5-7-17(24-2)18(16)25-3/h5-11,19H,4,12-13H2,1-3H3,(H,21,23)/t19-/m0/s1. The first kappa shape index (κ1) is 18.5. The molecule has 1 aliphatic rings. The third kappa shape index (κ3) is 3.75.